The van der Waals surface area contributed by atoms with Gasteiger partial charge in [-0.25, -0.2) is 12.8 Å². The van der Waals surface area contributed by atoms with Gasteiger partial charge >= 0.3 is 0 Å². The molecule has 2 amide bonds. The van der Waals surface area contributed by atoms with Crippen molar-refractivity contribution in [3.8, 4) is 0 Å². The minimum Gasteiger partial charge on any atom is -0.350 e. The van der Waals surface area contributed by atoms with Gasteiger partial charge in [0.15, 0.2) is 9.84 Å². The number of likely N-dealkylation sites (N-methyl/N-ethyl adjacent to an activating group) is 1. The molecular formula is C15H19ClFN3O4S. The molecule has 0 radical (unpaired) electrons. The minimum atomic E-state index is -3.23. The number of alkyl halides is 1. The predicted molar refractivity (Wildman–Crippen MR) is 92.8 cm³/mol. The van der Waals surface area contributed by atoms with E-state index in [4.69, 9.17) is 11.6 Å². The standard InChI is InChI=1S/C15H19ClFN3O4S/c1-20(6-14(21)18-11-4-2-10(17)3-5-11)7-15(22)19-13-9-25(23,24)8-12(13)16/h2-5,12-13H,6-9H2,1H3,(H,18,21)(H,19,22)/t12-,13+/m0/s1. The molecule has 10 heteroatoms. The summed E-state index contributed by atoms with van der Waals surface area (Å²) in [7, 11) is -1.65. The normalized spacial score (nSPS) is 21.9. The molecule has 0 unspecified atom stereocenters. The Balaban J connectivity index is 1.77. The lowest BCUT2D eigenvalue weighted by molar-refractivity contribution is -0.123. The summed E-state index contributed by atoms with van der Waals surface area (Å²) in [4.78, 5) is 25.3. The SMILES string of the molecule is CN(CC(=O)Nc1ccc(F)cc1)CC(=O)N[C@@H]1CS(=O)(=O)C[C@@H]1Cl. The molecule has 0 bridgehead atoms. The van der Waals surface area contributed by atoms with Crippen molar-refractivity contribution in [2.75, 3.05) is 37.0 Å². The first kappa shape index (κ1) is 19.6. The largest absolute Gasteiger partial charge is 0.350 e. The third-order valence-electron chi connectivity index (χ3n) is 3.58. The van der Waals surface area contributed by atoms with Gasteiger partial charge in [-0.05, 0) is 31.3 Å². The van der Waals surface area contributed by atoms with Crippen LogP contribution in [0.25, 0.3) is 0 Å². The molecule has 2 atom stereocenters. The van der Waals surface area contributed by atoms with Crippen LogP contribution in [0.2, 0.25) is 0 Å². The van der Waals surface area contributed by atoms with E-state index in [2.05, 4.69) is 10.6 Å². The molecule has 138 valence electrons. The van der Waals surface area contributed by atoms with Crippen LogP contribution in [0.4, 0.5) is 10.1 Å². The quantitative estimate of drug-likeness (QED) is 0.676. The molecule has 2 N–H and O–H groups in total. The van der Waals surface area contributed by atoms with Gasteiger partial charge in [-0.3, -0.25) is 14.5 Å². The fourth-order valence-corrected chi connectivity index (χ4v) is 5.02. The van der Waals surface area contributed by atoms with Crippen LogP contribution in [0.3, 0.4) is 0 Å². The van der Waals surface area contributed by atoms with Gasteiger partial charge < -0.3 is 10.6 Å². The van der Waals surface area contributed by atoms with E-state index in [0.29, 0.717) is 5.69 Å². The lowest BCUT2D eigenvalue weighted by atomic mass is 10.2. The highest BCUT2D eigenvalue weighted by molar-refractivity contribution is 7.91. The first-order chi connectivity index (χ1) is 11.6. The summed E-state index contributed by atoms with van der Waals surface area (Å²) in [6, 6.07) is 4.69. The van der Waals surface area contributed by atoms with Gasteiger partial charge in [0.2, 0.25) is 11.8 Å². The van der Waals surface area contributed by atoms with Gasteiger partial charge in [0, 0.05) is 5.69 Å². The molecule has 0 aliphatic carbocycles. The van der Waals surface area contributed by atoms with E-state index in [1.54, 1.807) is 7.05 Å². The minimum absolute atomic E-state index is 0.0575. The summed E-state index contributed by atoms with van der Waals surface area (Å²) in [5.74, 6) is -1.51. The highest BCUT2D eigenvalue weighted by Crippen LogP contribution is 2.17. The fourth-order valence-electron chi connectivity index (χ4n) is 2.47. The van der Waals surface area contributed by atoms with Crippen LogP contribution in [0.15, 0.2) is 24.3 Å². The van der Waals surface area contributed by atoms with Gasteiger partial charge in [0.1, 0.15) is 5.82 Å². The molecule has 2 rings (SSSR count). The average molecular weight is 392 g/mol. The Bertz CT molecular complexity index is 742. The monoisotopic (exact) mass is 391 g/mol. The molecule has 0 saturated carbocycles. The van der Waals surface area contributed by atoms with Crippen molar-refractivity contribution in [3.05, 3.63) is 30.1 Å². The summed E-state index contributed by atoms with van der Waals surface area (Å²) in [5, 5.41) is 4.51. The van der Waals surface area contributed by atoms with Crippen molar-refractivity contribution < 1.29 is 22.4 Å². The maximum atomic E-state index is 12.8. The number of carbonyl (C=O) groups is 2. The van der Waals surface area contributed by atoms with Gasteiger partial charge in [-0.15, -0.1) is 11.6 Å². The van der Waals surface area contributed by atoms with Crippen molar-refractivity contribution in [2.45, 2.75) is 11.4 Å². The van der Waals surface area contributed by atoms with E-state index in [9.17, 15) is 22.4 Å². The van der Waals surface area contributed by atoms with Crippen LogP contribution in [-0.2, 0) is 19.4 Å². The number of anilines is 1. The number of nitrogens with one attached hydrogen (secondary N) is 2. The average Bonchev–Trinajstić information content (AvgIpc) is 2.73. The Hall–Kier alpha value is -1.71. The number of halogens is 2. The molecule has 0 aromatic heterocycles. The maximum Gasteiger partial charge on any atom is 0.238 e. The third kappa shape index (κ3) is 6.26. The van der Waals surface area contributed by atoms with Crippen LogP contribution in [0.5, 0.6) is 0 Å². The number of sulfone groups is 1. The fraction of sp³-hybridized carbons (Fsp3) is 0.467. The van der Waals surface area contributed by atoms with E-state index in [-0.39, 0.29) is 30.5 Å². The number of benzene rings is 1. The molecular weight excluding hydrogens is 373 g/mol. The lowest BCUT2D eigenvalue weighted by Crippen LogP contribution is -2.46. The van der Waals surface area contributed by atoms with Gasteiger partial charge in [0.25, 0.3) is 0 Å². The van der Waals surface area contributed by atoms with Crippen LogP contribution in [0.1, 0.15) is 0 Å². The van der Waals surface area contributed by atoms with Crippen molar-refractivity contribution >= 4 is 38.9 Å². The van der Waals surface area contributed by atoms with Crippen molar-refractivity contribution in [1.29, 1.82) is 0 Å². The Labute approximate surface area is 150 Å². The summed E-state index contributed by atoms with van der Waals surface area (Å²) >= 11 is 5.93. The number of hydrogen-bond donors (Lipinski definition) is 2. The third-order valence-corrected chi connectivity index (χ3v) is 5.96. The van der Waals surface area contributed by atoms with E-state index in [0.717, 1.165) is 0 Å². The zero-order valence-electron chi connectivity index (χ0n) is 13.5. The number of nitrogens with zero attached hydrogens (tertiary/aromatic N) is 1. The highest BCUT2D eigenvalue weighted by atomic mass is 35.5. The summed E-state index contributed by atoms with van der Waals surface area (Å²) in [6.45, 7) is -0.144. The van der Waals surface area contributed by atoms with E-state index in [1.807, 2.05) is 0 Å². The van der Waals surface area contributed by atoms with Crippen LogP contribution in [0, 0.1) is 5.82 Å². The lowest BCUT2D eigenvalue weighted by Gasteiger charge is -2.19. The zero-order chi connectivity index (χ0) is 18.6. The van der Waals surface area contributed by atoms with Crippen LogP contribution in [-0.4, -0.2) is 68.2 Å². The highest BCUT2D eigenvalue weighted by Gasteiger charge is 2.37. The summed E-state index contributed by atoms with van der Waals surface area (Å²) in [6.07, 6.45) is 0. The van der Waals surface area contributed by atoms with Gasteiger partial charge in [-0.1, -0.05) is 0 Å². The Morgan fingerprint density at radius 2 is 1.80 bits per heavy atom. The van der Waals surface area contributed by atoms with Gasteiger partial charge in [-0.2, -0.15) is 0 Å². The summed E-state index contributed by atoms with van der Waals surface area (Å²) < 4.78 is 35.8. The first-order valence-electron chi connectivity index (χ1n) is 7.52. The second kappa shape index (κ2) is 8.11. The van der Waals surface area contributed by atoms with Gasteiger partial charge in [0.05, 0.1) is 36.0 Å². The number of rotatable bonds is 6. The molecule has 25 heavy (non-hydrogen) atoms. The molecule has 1 aliphatic heterocycles. The Morgan fingerprint density at radius 1 is 1.20 bits per heavy atom. The van der Waals surface area contributed by atoms with E-state index < -0.39 is 33.0 Å². The predicted octanol–water partition coefficient (Wildman–Crippen LogP) is 0.217. The number of hydrogen-bond acceptors (Lipinski definition) is 5. The number of carbonyl (C=O) groups excluding carboxylic acids is 2. The molecule has 1 saturated heterocycles. The van der Waals surface area contributed by atoms with E-state index >= 15 is 0 Å². The molecule has 0 spiro atoms. The molecule has 1 aromatic carbocycles. The van der Waals surface area contributed by atoms with Crippen molar-refractivity contribution in [3.63, 3.8) is 0 Å². The molecule has 1 aliphatic rings. The molecule has 7 nitrogen and oxygen atoms in total. The Kier molecular flexibility index (Phi) is 6.36. The second-order valence-electron chi connectivity index (χ2n) is 5.99. The van der Waals surface area contributed by atoms with E-state index in [1.165, 1.54) is 29.2 Å². The molecule has 1 fully saturated rings. The molecule has 1 heterocycles. The zero-order valence-corrected chi connectivity index (χ0v) is 15.1. The van der Waals surface area contributed by atoms with Crippen LogP contribution < -0.4 is 10.6 Å². The van der Waals surface area contributed by atoms with Crippen molar-refractivity contribution in [2.24, 2.45) is 0 Å². The van der Waals surface area contributed by atoms with Crippen LogP contribution >= 0.6 is 11.6 Å². The maximum absolute atomic E-state index is 12.8. The second-order valence-corrected chi connectivity index (χ2v) is 8.71. The molecule has 1 aromatic rings. The smallest absolute Gasteiger partial charge is 0.238 e. The Morgan fingerprint density at radius 3 is 2.36 bits per heavy atom. The van der Waals surface area contributed by atoms with Crippen molar-refractivity contribution in [1.82, 2.24) is 10.2 Å². The first-order valence-corrected chi connectivity index (χ1v) is 9.78. The summed E-state index contributed by atoms with van der Waals surface area (Å²) in [5.41, 5.74) is 0.449. The number of amides is 2. The topological polar surface area (TPSA) is 95.6 Å².